The number of aromatic nitrogens is 1. The second-order valence-electron chi connectivity index (χ2n) is 9.20. The van der Waals surface area contributed by atoms with Gasteiger partial charge in [-0.15, -0.1) is 4.91 Å². The van der Waals surface area contributed by atoms with Crippen LogP contribution in [0.25, 0.3) is 22.6 Å². The number of aromatic hydroxyl groups is 2. The van der Waals surface area contributed by atoms with Gasteiger partial charge in [-0.1, -0.05) is 28.9 Å². The monoisotopic (exact) mass is 499 g/mol. The number of phenolic OH excluding ortho intramolecular Hbond substituents is 2. The lowest BCUT2D eigenvalue weighted by Gasteiger charge is -2.26. The van der Waals surface area contributed by atoms with Gasteiger partial charge in [0.05, 0.1) is 5.56 Å². The van der Waals surface area contributed by atoms with E-state index in [0.29, 0.717) is 40.3 Å². The molecular weight excluding hydrogens is 470 g/mol. The SMILES string of the molecule is O=NC(c1ccc(OCCN2CCCCC2)cc1)c1c(-c2ccc(O)cc2)noc1-c1ccc(O)cc1. The van der Waals surface area contributed by atoms with E-state index in [1.165, 1.54) is 19.3 Å². The molecule has 0 spiro atoms. The van der Waals surface area contributed by atoms with Gasteiger partial charge in [0.2, 0.25) is 0 Å². The van der Waals surface area contributed by atoms with E-state index in [2.05, 4.69) is 15.2 Å². The van der Waals surface area contributed by atoms with E-state index in [4.69, 9.17) is 9.26 Å². The van der Waals surface area contributed by atoms with E-state index in [1.54, 1.807) is 48.5 Å². The maximum absolute atomic E-state index is 12.3. The van der Waals surface area contributed by atoms with Crippen LogP contribution < -0.4 is 4.74 Å². The molecule has 3 aromatic carbocycles. The first-order chi connectivity index (χ1) is 18.1. The molecule has 0 aliphatic carbocycles. The Morgan fingerprint density at radius 1 is 0.865 bits per heavy atom. The summed E-state index contributed by atoms with van der Waals surface area (Å²) in [5.41, 5.74) is 2.95. The number of nitrogens with zero attached hydrogens (tertiary/aromatic N) is 3. The lowest BCUT2D eigenvalue weighted by atomic mass is 9.92. The van der Waals surface area contributed by atoms with Crippen LogP contribution in [0.5, 0.6) is 17.2 Å². The van der Waals surface area contributed by atoms with Gasteiger partial charge in [0, 0.05) is 17.7 Å². The van der Waals surface area contributed by atoms with Gasteiger partial charge >= 0.3 is 0 Å². The standard InChI is InChI=1S/C29H29N3O5/c33-23-10-4-21(5-11-23)28-26(29(37-31-28)22-6-12-24(34)13-7-22)27(30-35)20-8-14-25(15-9-20)36-19-18-32-16-2-1-3-17-32/h4-15,27,33-34H,1-3,16-19H2. The van der Waals surface area contributed by atoms with E-state index in [-0.39, 0.29) is 11.5 Å². The Labute approximate surface area is 215 Å². The number of benzene rings is 3. The highest BCUT2D eigenvalue weighted by Crippen LogP contribution is 2.41. The van der Waals surface area contributed by atoms with Crippen LogP contribution in [-0.4, -0.2) is 46.5 Å². The molecule has 0 bridgehead atoms. The van der Waals surface area contributed by atoms with Crippen LogP contribution in [0.2, 0.25) is 0 Å². The molecular formula is C29H29N3O5. The van der Waals surface area contributed by atoms with Crippen molar-refractivity contribution >= 4 is 0 Å². The predicted octanol–water partition coefficient (Wildman–Crippen LogP) is 6.14. The first-order valence-electron chi connectivity index (χ1n) is 12.5. The molecule has 1 unspecified atom stereocenters. The van der Waals surface area contributed by atoms with Crippen molar-refractivity contribution in [2.75, 3.05) is 26.2 Å². The first-order valence-corrected chi connectivity index (χ1v) is 12.5. The molecule has 1 saturated heterocycles. The Balaban J connectivity index is 1.43. The number of rotatable bonds is 9. The second-order valence-corrected chi connectivity index (χ2v) is 9.20. The molecule has 1 fully saturated rings. The lowest BCUT2D eigenvalue weighted by Crippen LogP contribution is -2.33. The normalized spacial score (nSPS) is 14.8. The Kier molecular flexibility index (Phi) is 7.46. The van der Waals surface area contributed by atoms with Crippen molar-refractivity contribution in [3.05, 3.63) is 88.8 Å². The fourth-order valence-corrected chi connectivity index (χ4v) is 4.70. The number of nitroso groups, excluding NO2 is 1. The predicted molar refractivity (Wildman–Crippen MR) is 141 cm³/mol. The second kappa shape index (κ2) is 11.3. The Morgan fingerprint density at radius 3 is 2.11 bits per heavy atom. The van der Waals surface area contributed by atoms with Crippen LogP contribution in [0.3, 0.4) is 0 Å². The molecule has 37 heavy (non-hydrogen) atoms. The van der Waals surface area contributed by atoms with Crippen molar-refractivity contribution in [2.24, 2.45) is 5.18 Å². The zero-order valence-corrected chi connectivity index (χ0v) is 20.4. The molecule has 190 valence electrons. The maximum atomic E-state index is 12.3. The summed E-state index contributed by atoms with van der Waals surface area (Å²) in [4.78, 5) is 14.7. The molecule has 2 N–H and O–H groups in total. The highest BCUT2D eigenvalue weighted by molar-refractivity contribution is 5.75. The zero-order valence-electron chi connectivity index (χ0n) is 20.4. The molecule has 0 amide bonds. The number of hydrogen-bond acceptors (Lipinski definition) is 8. The largest absolute Gasteiger partial charge is 0.508 e. The first kappa shape index (κ1) is 24.5. The van der Waals surface area contributed by atoms with Gasteiger partial charge in [-0.2, -0.15) is 0 Å². The number of ether oxygens (including phenoxy) is 1. The van der Waals surface area contributed by atoms with Gasteiger partial charge in [-0.25, -0.2) is 0 Å². The highest BCUT2D eigenvalue weighted by atomic mass is 16.5. The summed E-state index contributed by atoms with van der Waals surface area (Å²) in [7, 11) is 0. The van der Waals surface area contributed by atoms with Gasteiger partial charge in [0.25, 0.3) is 0 Å². The molecule has 4 aromatic rings. The van der Waals surface area contributed by atoms with E-state index >= 15 is 0 Å². The molecule has 8 heteroatoms. The van der Waals surface area contributed by atoms with Crippen molar-refractivity contribution in [1.29, 1.82) is 0 Å². The summed E-state index contributed by atoms with van der Waals surface area (Å²) in [6, 6.07) is 19.4. The van der Waals surface area contributed by atoms with Gasteiger partial charge in [0.1, 0.15) is 35.6 Å². The van der Waals surface area contributed by atoms with E-state index in [0.717, 1.165) is 25.4 Å². The van der Waals surface area contributed by atoms with Crippen molar-refractivity contribution < 1.29 is 19.5 Å². The molecule has 0 radical (unpaired) electrons. The van der Waals surface area contributed by atoms with Crippen LogP contribution in [0, 0.1) is 4.91 Å². The summed E-state index contributed by atoms with van der Waals surface area (Å²) in [5.74, 6) is 1.35. The third-order valence-electron chi connectivity index (χ3n) is 6.70. The smallest absolute Gasteiger partial charge is 0.173 e. The quantitative estimate of drug-likeness (QED) is 0.266. The fraction of sp³-hybridized carbons (Fsp3) is 0.276. The minimum absolute atomic E-state index is 0.115. The third-order valence-corrected chi connectivity index (χ3v) is 6.70. The number of likely N-dealkylation sites (tertiary alicyclic amines) is 1. The van der Waals surface area contributed by atoms with Crippen molar-refractivity contribution in [3.8, 4) is 39.8 Å². The zero-order chi connectivity index (χ0) is 25.6. The third kappa shape index (κ3) is 5.65. The average Bonchev–Trinajstić information content (AvgIpc) is 3.36. The molecule has 1 aromatic heterocycles. The summed E-state index contributed by atoms with van der Waals surface area (Å²) in [6.07, 6.45) is 3.80. The fourth-order valence-electron chi connectivity index (χ4n) is 4.70. The van der Waals surface area contributed by atoms with Crippen LogP contribution in [0.4, 0.5) is 0 Å². The lowest BCUT2D eigenvalue weighted by molar-refractivity contribution is 0.183. The van der Waals surface area contributed by atoms with Gasteiger partial charge in [-0.3, -0.25) is 4.90 Å². The molecule has 1 aliphatic heterocycles. The van der Waals surface area contributed by atoms with E-state index in [1.807, 2.05) is 24.3 Å². The van der Waals surface area contributed by atoms with Crippen LogP contribution in [0.1, 0.15) is 36.4 Å². The van der Waals surface area contributed by atoms with Gasteiger partial charge in [-0.05, 0) is 92.2 Å². The Morgan fingerprint density at radius 2 is 1.49 bits per heavy atom. The van der Waals surface area contributed by atoms with E-state index in [9.17, 15) is 15.1 Å². The molecule has 0 saturated carbocycles. The summed E-state index contributed by atoms with van der Waals surface area (Å²) in [6.45, 7) is 3.75. The molecule has 8 nitrogen and oxygen atoms in total. The van der Waals surface area contributed by atoms with Crippen molar-refractivity contribution in [1.82, 2.24) is 10.1 Å². The molecule has 5 rings (SSSR count). The van der Waals surface area contributed by atoms with Crippen LogP contribution in [0.15, 0.2) is 82.5 Å². The molecule has 2 heterocycles. The topological polar surface area (TPSA) is 108 Å². The number of piperidine rings is 1. The Hall–Kier alpha value is -4.17. The Bertz CT molecular complexity index is 1250. The summed E-state index contributed by atoms with van der Waals surface area (Å²) >= 11 is 0. The van der Waals surface area contributed by atoms with Crippen molar-refractivity contribution in [2.45, 2.75) is 25.3 Å². The highest BCUT2D eigenvalue weighted by Gasteiger charge is 2.29. The average molecular weight is 500 g/mol. The van der Waals surface area contributed by atoms with Gasteiger partial charge < -0.3 is 19.5 Å². The van der Waals surface area contributed by atoms with Crippen LogP contribution >= 0.6 is 0 Å². The van der Waals surface area contributed by atoms with E-state index < -0.39 is 6.04 Å². The minimum Gasteiger partial charge on any atom is -0.508 e. The molecule has 1 aliphatic rings. The number of phenols is 2. The maximum Gasteiger partial charge on any atom is 0.173 e. The molecule has 1 atom stereocenters. The summed E-state index contributed by atoms with van der Waals surface area (Å²) < 4.78 is 11.7. The van der Waals surface area contributed by atoms with Crippen molar-refractivity contribution in [3.63, 3.8) is 0 Å². The minimum atomic E-state index is -0.902. The van der Waals surface area contributed by atoms with Crippen LogP contribution in [-0.2, 0) is 0 Å². The number of hydrogen-bond donors (Lipinski definition) is 2. The van der Waals surface area contributed by atoms with Gasteiger partial charge in [0.15, 0.2) is 5.76 Å². The summed E-state index contributed by atoms with van der Waals surface area (Å²) in [5, 5.41) is 27.2.